The fourth-order valence-electron chi connectivity index (χ4n) is 3.34. The van der Waals surface area contributed by atoms with Crippen LogP contribution in [0.1, 0.15) is 35.2 Å². The SMILES string of the molecule is COc1cc(C(=O)/C=C/c2ccc(N3CCCCC3)cc2)ccc1S(C)(=O)=O. The van der Waals surface area contributed by atoms with E-state index in [-0.39, 0.29) is 16.4 Å². The largest absolute Gasteiger partial charge is 0.495 e. The van der Waals surface area contributed by atoms with Gasteiger partial charge in [-0.3, -0.25) is 4.79 Å². The second-order valence-electron chi connectivity index (χ2n) is 6.97. The van der Waals surface area contributed by atoms with Crippen molar-refractivity contribution in [2.24, 2.45) is 0 Å². The van der Waals surface area contributed by atoms with E-state index in [1.807, 2.05) is 12.1 Å². The minimum absolute atomic E-state index is 0.0730. The van der Waals surface area contributed by atoms with Gasteiger partial charge in [0, 0.05) is 30.6 Å². The Balaban J connectivity index is 1.72. The van der Waals surface area contributed by atoms with Crippen LogP contribution in [-0.4, -0.2) is 40.7 Å². The normalized spacial score (nSPS) is 15.0. The van der Waals surface area contributed by atoms with Gasteiger partial charge in [0.15, 0.2) is 15.6 Å². The highest BCUT2D eigenvalue weighted by Gasteiger charge is 2.16. The standard InChI is InChI=1S/C22H25NO4S/c1-27-21-16-18(9-13-22(21)28(2,25)26)20(24)12-8-17-6-10-19(11-7-17)23-14-4-3-5-15-23/h6-13,16H,3-5,14-15H2,1-2H3/b12-8+. The minimum atomic E-state index is -3.42. The maximum atomic E-state index is 12.5. The summed E-state index contributed by atoms with van der Waals surface area (Å²) in [5, 5.41) is 0. The van der Waals surface area contributed by atoms with Gasteiger partial charge in [-0.2, -0.15) is 0 Å². The fourth-order valence-corrected chi connectivity index (χ4v) is 4.17. The van der Waals surface area contributed by atoms with Crippen LogP contribution in [0.4, 0.5) is 5.69 Å². The van der Waals surface area contributed by atoms with Crippen molar-refractivity contribution in [2.45, 2.75) is 24.2 Å². The van der Waals surface area contributed by atoms with Crippen molar-refractivity contribution in [2.75, 3.05) is 31.4 Å². The van der Waals surface area contributed by atoms with Crippen molar-refractivity contribution in [1.82, 2.24) is 0 Å². The molecule has 1 fully saturated rings. The van der Waals surface area contributed by atoms with Crippen LogP contribution in [0.2, 0.25) is 0 Å². The average Bonchev–Trinajstić information content (AvgIpc) is 2.72. The summed E-state index contributed by atoms with van der Waals surface area (Å²) in [4.78, 5) is 14.9. The monoisotopic (exact) mass is 399 g/mol. The molecule has 0 bridgehead atoms. The Bertz CT molecular complexity index is 972. The van der Waals surface area contributed by atoms with Gasteiger partial charge in [0.05, 0.1) is 7.11 Å². The van der Waals surface area contributed by atoms with E-state index in [0.717, 1.165) is 24.9 Å². The summed E-state index contributed by atoms with van der Waals surface area (Å²) in [6.07, 6.45) is 8.13. The zero-order chi connectivity index (χ0) is 20.1. The Morgan fingerprint density at radius 3 is 2.32 bits per heavy atom. The van der Waals surface area contributed by atoms with Gasteiger partial charge < -0.3 is 9.64 Å². The molecule has 0 unspecified atom stereocenters. The van der Waals surface area contributed by atoms with E-state index >= 15 is 0 Å². The summed E-state index contributed by atoms with van der Waals surface area (Å²) in [5.74, 6) is -0.0360. The van der Waals surface area contributed by atoms with Gasteiger partial charge in [0.2, 0.25) is 0 Å². The summed E-state index contributed by atoms with van der Waals surface area (Å²) >= 11 is 0. The number of nitrogens with zero attached hydrogens (tertiary/aromatic N) is 1. The molecule has 0 atom stereocenters. The molecule has 28 heavy (non-hydrogen) atoms. The van der Waals surface area contributed by atoms with Crippen molar-refractivity contribution in [3.05, 3.63) is 59.7 Å². The van der Waals surface area contributed by atoms with E-state index in [2.05, 4.69) is 17.0 Å². The van der Waals surface area contributed by atoms with Crippen LogP contribution in [-0.2, 0) is 9.84 Å². The molecule has 0 aromatic heterocycles. The number of allylic oxidation sites excluding steroid dienone is 1. The number of hydrogen-bond acceptors (Lipinski definition) is 5. The van der Waals surface area contributed by atoms with Crippen molar-refractivity contribution in [1.29, 1.82) is 0 Å². The Morgan fingerprint density at radius 1 is 1.04 bits per heavy atom. The number of methoxy groups -OCH3 is 1. The number of ketones is 1. The number of benzene rings is 2. The van der Waals surface area contributed by atoms with Crippen LogP contribution in [0.5, 0.6) is 5.75 Å². The van der Waals surface area contributed by atoms with Crippen molar-refractivity contribution >= 4 is 27.4 Å². The predicted octanol–water partition coefficient (Wildman–Crippen LogP) is 3.99. The first-order valence-corrected chi connectivity index (χ1v) is 11.2. The number of piperidine rings is 1. The molecule has 1 aliphatic heterocycles. The number of anilines is 1. The molecule has 0 spiro atoms. The molecule has 0 aliphatic carbocycles. The van der Waals surface area contributed by atoms with Gasteiger partial charge in [-0.05, 0) is 61.2 Å². The number of sulfone groups is 1. The highest BCUT2D eigenvalue weighted by Crippen LogP contribution is 2.25. The molecular weight excluding hydrogens is 374 g/mol. The van der Waals surface area contributed by atoms with Gasteiger partial charge in [0.25, 0.3) is 0 Å². The molecular formula is C22H25NO4S. The molecule has 2 aromatic carbocycles. The topological polar surface area (TPSA) is 63.7 Å². The number of rotatable bonds is 6. The summed E-state index contributed by atoms with van der Waals surface area (Å²) in [6.45, 7) is 2.19. The third kappa shape index (κ3) is 4.81. The number of carbonyl (C=O) groups excluding carboxylic acids is 1. The summed E-state index contributed by atoms with van der Waals surface area (Å²) in [5.41, 5.74) is 2.53. The van der Waals surface area contributed by atoms with E-state index < -0.39 is 9.84 Å². The van der Waals surface area contributed by atoms with E-state index in [9.17, 15) is 13.2 Å². The number of hydrogen-bond donors (Lipinski definition) is 0. The average molecular weight is 400 g/mol. The molecule has 148 valence electrons. The van der Waals surface area contributed by atoms with Gasteiger partial charge in [-0.25, -0.2) is 8.42 Å². The lowest BCUT2D eigenvalue weighted by Crippen LogP contribution is -2.29. The molecule has 1 saturated heterocycles. The summed E-state index contributed by atoms with van der Waals surface area (Å²) in [7, 11) is -2.03. The van der Waals surface area contributed by atoms with E-state index in [4.69, 9.17) is 4.74 Å². The van der Waals surface area contributed by atoms with Gasteiger partial charge in [-0.1, -0.05) is 18.2 Å². The van der Waals surface area contributed by atoms with E-state index in [0.29, 0.717) is 5.56 Å². The molecule has 1 heterocycles. The Morgan fingerprint density at radius 2 is 1.71 bits per heavy atom. The third-order valence-corrected chi connectivity index (χ3v) is 6.03. The molecule has 3 rings (SSSR count). The minimum Gasteiger partial charge on any atom is -0.495 e. The van der Waals surface area contributed by atoms with Crippen LogP contribution in [0.3, 0.4) is 0 Å². The maximum absolute atomic E-state index is 12.5. The van der Waals surface area contributed by atoms with E-state index in [1.54, 1.807) is 6.08 Å². The van der Waals surface area contributed by atoms with Crippen molar-refractivity contribution in [3.8, 4) is 5.75 Å². The van der Waals surface area contributed by atoms with E-state index in [1.165, 1.54) is 56.3 Å². The Kier molecular flexibility index (Phi) is 6.19. The maximum Gasteiger partial charge on any atom is 0.185 e. The Labute approximate surface area is 166 Å². The van der Waals surface area contributed by atoms with Crippen molar-refractivity contribution < 1.29 is 17.9 Å². The molecule has 0 N–H and O–H groups in total. The summed E-state index contributed by atoms with van der Waals surface area (Å²) in [6, 6.07) is 12.5. The molecule has 0 amide bonds. The highest BCUT2D eigenvalue weighted by molar-refractivity contribution is 7.90. The molecule has 6 heteroatoms. The van der Waals surface area contributed by atoms with Crippen LogP contribution >= 0.6 is 0 Å². The number of ether oxygens (including phenoxy) is 1. The van der Waals surface area contributed by atoms with Crippen LogP contribution in [0.15, 0.2) is 53.4 Å². The highest BCUT2D eigenvalue weighted by atomic mass is 32.2. The fraction of sp³-hybridized carbons (Fsp3) is 0.318. The van der Waals surface area contributed by atoms with Crippen LogP contribution in [0.25, 0.3) is 6.08 Å². The quantitative estimate of drug-likeness (QED) is 0.543. The van der Waals surface area contributed by atoms with Gasteiger partial charge >= 0.3 is 0 Å². The molecule has 2 aromatic rings. The zero-order valence-corrected chi connectivity index (χ0v) is 17.0. The summed E-state index contributed by atoms with van der Waals surface area (Å²) < 4.78 is 28.7. The molecule has 1 aliphatic rings. The molecule has 5 nitrogen and oxygen atoms in total. The lowest BCUT2D eigenvalue weighted by molar-refractivity contribution is 0.104. The first kappa shape index (κ1) is 20.1. The van der Waals surface area contributed by atoms with Gasteiger partial charge in [-0.15, -0.1) is 0 Å². The lowest BCUT2D eigenvalue weighted by Gasteiger charge is -2.28. The molecule has 0 saturated carbocycles. The second-order valence-corrected chi connectivity index (χ2v) is 8.96. The molecule has 0 radical (unpaired) electrons. The van der Waals surface area contributed by atoms with Crippen LogP contribution in [0, 0.1) is 0 Å². The lowest BCUT2D eigenvalue weighted by atomic mass is 10.1. The zero-order valence-electron chi connectivity index (χ0n) is 16.2. The number of carbonyl (C=O) groups is 1. The van der Waals surface area contributed by atoms with Gasteiger partial charge in [0.1, 0.15) is 10.6 Å². The third-order valence-electron chi connectivity index (χ3n) is 4.89. The van der Waals surface area contributed by atoms with Crippen molar-refractivity contribution in [3.63, 3.8) is 0 Å². The smallest absolute Gasteiger partial charge is 0.185 e. The van der Waals surface area contributed by atoms with Crippen LogP contribution < -0.4 is 9.64 Å². The predicted molar refractivity (Wildman–Crippen MR) is 112 cm³/mol. The first-order valence-electron chi connectivity index (χ1n) is 9.34. The second kappa shape index (κ2) is 8.61. The first-order chi connectivity index (χ1) is 13.4. The Hall–Kier alpha value is -2.60.